The SMILES string of the molecule is COc1ccc(NC(=O)C(c2c[nH]c3ccccc23)N(Cc2ccc(C)cc2)C(=O)Cn2nnc3ccccc32)c(OC)c1. The Bertz CT molecular complexity index is 1950. The van der Waals surface area contributed by atoms with Gasteiger partial charge in [0.2, 0.25) is 5.91 Å². The quantitative estimate of drug-likeness (QED) is 0.214. The standard InChI is InChI=1S/C34H32N6O4/c1-22-12-14-23(15-13-22)20-39(32(41)21-40-30-11-7-6-10-28(30)37-38-40)33(26-19-35-27-9-5-4-8-25(26)27)34(42)36-29-17-16-24(43-2)18-31(29)44-3/h4-19,33,35H,20-21H2,1-3H3,(H,36,42). The van der Waals surface area contributed by atoms with Crippen LogP contribution in [0.15, 0.2) is 97.2 Å². The highest BCUT2D eigenvalue weighted by Crippen LogP contribution is 2.34. The predicted molar refractivity (Wildman–Crippen MR) is 168 cm³/mol. The number of carbonyl (C=O) groups is 2. The van der Waals surface area contributed by atoms with Gasteiger partial charge in [-0.15, -0.1) is 5.10 Å². The lowest BCUT2D eigenvalue weighted by Gasteiger charge is -2.31. The molecule has 0 aliphatic carbocycles. The largest absolute Gasteiger partial charge is 0.497 e. The lowest BCUT2D eigenvalue weighted by Crippen LogP contribution is -2.42. The maximum Gasteiger partial charge on any atom is 0.252 e. The second-order valence-corrected chi connectivity index (χ2v) is 10.5. The molecule has 0 aliphatic heterocycles. The minimum Gasteiger partial charge on any atom is -0.497 e. The monoisotopic (exact) mass is 588 g/mol. The number of nitrogens with one attached hydrogen (secondary N) is 2. The number of methoxy groups -OCH3 is 2. The first-order valence-corrected chi connectivity index (χ1v) is 14.2. The highest BCUT2D eigenvalue weighted by molar-refractivity contribution is 6.02. The number of anilines is 1. The molecule has 2 aromatic heterocycles. The van der Waals surface area contributed by atoms with E-state index in [0.717, 1.165) is 27.5 Å². The number of hydrogen-bond acceptors (Lipinski definition) is 6. The minimum atomic E-state index is -1.01. The van der Waals surface area contributed by atoms with Crippen LogP contribution in [0.5, 0.6) is 11.5 Å². The number of aryl methyl sites for hydroxylation is 1. The molecule has 2 heterocycles. The summed E-state index contributed by atoms with van der Waals surface area (Å²) in [6, 6.07) is 27.2. The van der Waals surface area contributed by atoms with E-state index in [-0.39, 0.29) is 19.0 Å². The average molecular weight is 589 g/mol. The number of fused-ring (bicyclic) bond motifs is 2. The zero-order valence-electron chi connectivity index (χ0n) is 24.7. The van der Waals surface area contributed by atoms with Gasteiger partial charge in [0.15, 0.2) is 0 Å². The third-order valence-electron chi connectivity index (χ3n) is 7.64. The molecule has 1 atom stereocenters. The number of rotatable bonds is 10. The number of hydrogen-bond donors (Lipinski definition) is 2. The molecule has 6 rings (SSSR count). The second-order valence-electron chi connectivity index (χ2n) is 10.5. The van der Waals surface area contributed by atoms with Gasteiger partial charge in [0, 0.05) is 35.3 Å². The number of amides is 2. The van der Waals surface area contributed by atoms with Crippen molar-refractivity contribution in [1.82, 2.24) is 24.9 Å². The Hall–Kier alpha value is -5.64. The summed E-state index contributed by atoms with van der Waals surface area (Å²) in [7, 11) is 3.09. The van der Waals surface area contributed by atoms with E-state index in [1.54, 1.807) is 41.1 Å². The van der Waals surface area contributed by atoms with Gasteiger partial charge in [-0.3, -0.25) is 9.59 Å². The predicted octanol–water partition coefficient (Wildman–Crippen LogP) is 5.65. The van der Waals surface area contributed by atoms with Crippen molar-refractivity contribution < 1.29 is 19.1 Å². The van der Waals surface area contributed by atoms with Gasteiger partial charge in [-0.1, -0.05) is 65.4 Å². The van der Waals surface area contributed by atoms with E-state index in [9.17, 15) is 9.59 Å². The maximum atomic E-state index is 14.4. The first-order chi connectivity index (χ1) is 21.4. The normalized spacial score (nSPS) is 11.8. The van der Waals surface area contributed by atoms with Crippen LogP contribution in [0.4, 0.5) is 5.69 Å². The summed E-state index contributed by atoms with van der Waals surface area (Å²) >= 11 is 0. The molecular formula is C34H32N6O4. The minimum absolute atomic E-state index is 0.107. The van der Waals surface area contributed by atoms with Crippen LogP contribution >= 0.6 is 0 Å². The Labute approximate surface area is 254 Å². The molecule has 44 heavy (non-hydrogen) atoms. The van der Waals surface area contributed by atoms with E-state index >= 15 is 0 Å². The summed E-state index contributed by atoms with van der Waals surface area (Å²) in [6.07, 6.45) is 1.79. The third kappa shape index (κ3) is 5.69. The molecule has 10 nitrogen and oxygen atoms in total. The molecule has 0 saturated carbocycles. The van der Waals surface area contributed by atoms with Gasteiger partial charge in [0.05, 0.1) is 25.4 Å². The third-order valence-corrected chi connectivity index (χ3v) is 7.64. The van der Waals surface area contributed by atoms with Crippen molar-refractivity contribution in [2.45, 2.75) is 26.1 Å². The van der Waals surface area contributed by atoms with Gasteiger partial charge in [0.25, 0.3) is 5.91 Å². The van der Waals surface area contributed by atoms with Crippen LogP contribution in [-0.2, 0) is 22.7 Å². The van der Waals surface area contributed by atoms with Gasteiger partial charge in [-0.2, -0.15) is 0 Å². The van der Waals surface area contributed by atoms with Crippen LogP contribution in [0, 0.1) is 6.92 Å². The number of ether oxygens (including phenoxy) is 2. The first kappa shape index (κ1) is 28.5. The zero-order valence-corrected chi connectivity index (χ0v) is 24.7. The number of benzene rings is 4. The van der Waals surface area contributed by atoms with E-state index in [1.165, 1.54) is 7.11 Å². The molecule has 0 aliphatic rings. The highest BCUT2D eigenvalue weighted by Gasteiger charge is 2.34. The number of aromatic amines is 1. The van der Waals surface area contributed by atoms with Crippen LogP contribution in [0.25, 0.3) is 21.9 Å². The van der Waals surface area contributed by atoms with E-state index < -0.39 is 11.9 Å². The summed E-state index contributed by atoms with van der Waals surface area (Å²) in [4.78, 5) is 33.7. The summed E-state index contributed by atoms with van der Waals surface area (Å²) in [6.45, 7) is 2.08. The molecule has 1 unspecified atom stereocenters. The van der Waals surface area contributed by atoms with Crippen LogP contribution in [0.3, 0.4) is 0 Å². The molecule has 6 aromatic rings. The summed E-state index contributed by atoms with van der Waals surface area (Å²) in [5, 5.41) is 12.3. The summed E-state index contributed by atoms with van der Waals surface area (Å²) in [5.41, 5.74) is 5.36. The molecule has 2 amide bonds. The molecule has 0 radical (unpaired) electrons. The molecule has 0 fully saturated rings. The van der Waals surface area contributed by atoms with Crippen LogP contribution in [0.2, 0.25) is 0 Å². The number of para-hydroxylation sites is 2. The van der Waals surface area contributed by atoms with Gasteiger partial charge in [0.1, 0.15) is 29.6 Å². The van der Waals surface area contributed by atoms with Crippen molar-refractivity contribution in [2.24, 2.45) is 0 Å². The fourth-order valence-electron chi connectivity index (χ4n) is 5.34. The Balaban J connectivity index is 1.45. The van der Waals surface area contributed by atoms with E-state index in [0.29, 0.717) is 28.3 Å². The summed E-state index contributed by atoms with van der Waals surface area (Å²) < 4.78 is 12.5. The lowest BCUT2D eigenvalue weighted by molar-refractivity contribution is -0.140. The van der Waals surface area contributed by atoms with Crippen molar-refractivity contribution in [3.63, 3.8) is 0 Å². The fourth-order valence-corrected chi connectivity index (χ4v) is 5.34. The molecular weight excluding hydrogens is 556 g/mol. The number of carbonyl (C=O) groups excluding carboxylic acids is 2. The van der Waals surface area contributed by atoms with E-state index in [2.05, 4.69) is 20.6 Å². The molecule has 222 valence electrons. The van der Waals surface area contributed by atoms with Crippen LogP contribution in [0.1, 0.15) is 22.7 Å². The van der Waals surface area contributed by atoms with Crippen LogP contribution < -0.4 is 14.8 Å². The molecule has 0 saturated heterocycles. The maximum absolute atomic E-state index is 14.4. The van der Waals surface area contributed by atoms with Gasteiger partial charge >= 0.3 is 0 Å². The van der Waals surface area contributed by atoms with Crippen LogP contribution in [-0.4, -0.2) is 50.9 Å². The van der Waals surface area contributed by atoms with E-state index in [1.807, 2.05) is 79.7 Å². The van der Waals surface area contributed by atoms with E-state index in [4.69, 9.17) is 9.47 Å². The zero-order chi connectivity index (χ0) is 30.6. The molecule has 4 aromatic carbocycles. The van der Waals surface area contributed by atoms with Gasteiger partial charge in [-0.05, 0) is 42.8 Å². The fraction of sp³-hybridized carbons (Fsp3) is 0.176. The van der Waals surface area contributed by atoms with Crippen molar-refractivity contribution in [3.8, 4) is 11.5 Å². The van der Waals surface area contributed by atoms with Gasteiger partial charge < -0.3 is 24.7 Å². The van der Waals surface area contributed by atoms with Gasteiger partial charge in [-0.25, -0.2) is 4.68 Å². The van der Waals surface area contributed by atoms with Crippen molar-refractivity contribution >= 4 is 39.4 Å². The second kappa shape index (κ2) is 12.3. The van der Waals surface area contributed by atoms with Crippen molar-refractivity contribution in [1.29, 1.82) is 0 Å². The van der Waals surface area contributed by atoms with Crippen molar-refractivity contribution in [2.75, 3.05) is 19.5 Å². The highest BCUT2D eigenvalue weighted by atomic mass is 16.5. The lowest BCUT2D eigenvalue weighted by atomic mass is 10.0. The Morgan fingerprint density at radius 2 is 1.73 bits per heavy atom. The van der Waals surface area contributed by atoms with Crippen molar-refractivity contribution in [3.05, 3.63) is 114 Å². The Kier molecular flexibility index (Phi) is 7.96. The topological polar surface area (TPSA) is 114 Å². The molecule has 0 spiro atoms. The summed E-state index contributed by atoms with van der Waals surface area (Å²) in [5.74, 6) is 0.320. The molecule has 10 heteroatoms. The number of H-pyrrole nitrogens is 1. The molecule has 0 bridgehead atoms. The number of nitrogens with zero attached hydrogens (tertiary/aromatic N) is 4. The number of aromatic nitrogens is 4. The average Bonchev–Trinajstić information content (AvgIpc) is 3.66. The smallest absolute Gasteiger partial charge is 0.252 e. The Morgan fingerprint density at radius 3 is 2.52 bits per heavy atom. The first-order valence-electron chi connectivity index (χ1n) is 14.2. The molecule has 2 N–H and O–H groups in total. The Morgan fingerprint density at radius 1 is 0.955 bits per heavy atom.